The van der Waals surface area contributed by atoms with Crippen LogP contribution in [0.2, 0.25) is 0 Å². The Bertz CT molecular complexity index is 1070. The maximum absolute atomic E-state index is 12.6. The van der Waals surface area contributed by atoms with Crippen LogP contribution in [0.15, 0.2) is 54.4 Å². The standard InChI is InChI=1S/C23H25N5O/c1-4-10-28-17(2)11-20(18(28)3)12-21(13-24)23(29)26-22-14-25-27(16-22)15-19-8-6-5-7-9-19/h5-9,11-12,14,16H,4,10,15H2,1-3H3,(H,26,29)/b21-12+. The number of anilines is 1. The number of amides is 1. The average Bonchev–Trinajstić information content (AvgIpc) is 3.25. The fourth-order valence-corrected chi connectivity index (χ4v) is 3.33. The van der Waals surface area contributed by atoms with Gasteiger partial charge in [0, 0.05) is 24.1 Å². The van der Waals surface area contributed by atoms with Crippen molar-refractivity contribution in [2.24, 2.45) is 0 Å². The molecule has 2 aromatic heterocycles. The highest BCUT2D eigenvalue weighted by Gasteiger charge is 2.14. The van der Waals surface area contributed by atoms with Crippen LogP contribution in [0.5, 0.6) is 0 Å². The number of rotatable bonds is 7. The second-order valence-electron chi connectivity index (χ2n) is 7.01. The molecule has 0 unspecified atom stereocenters. The Hall–Kier alpha value is -3.59. The molecule has 3 rings (SSSR count). The van der Waals surface area contributed by atoms with Crippen LogP contribution >= 0.6 is 0 Å². The molecule has 6 nitrogen and oxygen atoms in total. The van der Waals surface area contributed by atoms with Crippen molar-refractivity contribution in [1.29, 1.82) is 5.26 Å². The van der Waals surface area contributed by atoms with E-state index >= 15 is 0 Å². The van der Waals surface area contributed by atoms with E-state index in [0.717, 1.165) is 35.5 Å². The van der Waals surface area contributed by atoms with Crippen LogP contribution in [-0.2, 0) is 17.9 Å². The molecule has 0 saturated heterocycles. The first-order valence-corrected chi connectivity index (χ1v) is 9.68. The Labute approximate surface area is 171 Å². The van der Waals surface area contributed by atoms with E-state index in [1.165, 1.54) is 0 Å². The lowest BCUT2D eigenvalue weighted by atomic mass is 10.1. The lowest BCUT2D eigenvalue weighted by molar-refractivity contribution is -0.112. The van der Waals surface area contributed by atoms with Gasteiger partial charge < -0.3 is 9.88 Å². The number of hydrogen-bond donors (Lipinski definition) is 1. The highest BCUT2D eigenvalue weighted by Crippen LogP contribution is 2.19. The lowest BCUT2D eigenvalue weighted by Crippen LogP contribution is -2.13. The summed E-state index contributed by atoms with van der Waals surface area (Å²) in [6.07, 6.45) is 6.02. The third-order valence-electron chi connectivity index (χ3n) is 4.80. The van der Waals surface area contributed by atoms with E-state index in [9.17, 15) is 10.1 Å². The number of carbonyl (C=O) groups is 1. The minimum absolute atomic E-state index is 0.0672. The van der Waals surface area contributed by atoms with Crippen LogP contribution in [0, 0.1) is 25.2 Å². The molecule has 0 spiro atoms. The predicted octanol–water partition coefficient (Wildman–Crippen LogP) is 4.31. The Morgan fingerprint density at radius 3 is 2.72 bits per heavy atom. The molecule has 0 bridgehead atoms. The molecule has 6 heteroatoms. The first-order valence-electron chi connectivity index (χ1n) is 9.68. The van der Waals surface area contributed by atoms with Gasteiger partial charge in [-0.15, -0.1) is 0 Å². The quantitative estimate of drug-likeness (QED) is 0.485. The monoisotopic (exact) mass is 387 g/mol. The molecule has 0 atom stereocenters. The number of nitrogens with zero attached hydrogens (tertiary/aromatic N) is 4. The van der Waals surface area contributed by atoms with Crippen molar-refractivity contribution in [2.45, 2.75) is 40.3 Å². The van der Waals surface area contributed by atoms with Gasteiger partial charge in [-0.05, 0) is 43.5 Å². The van der Waals surface area contributed by atoms with Gasteiger partial charge in [0.25, 0.3) is 5.91 Å². The summed E-state index contributed by atoms with van der Waals surface area (Å²) in [6.45, 7) is 7.70. The molecule has 3 aromatic rings. The number of aromatic nitrogens is 3. The van der Waals surface area contributed by atoms with Gasteiger partial charge in [0.1, 0.15) is 11.6 Å². The minimum Gasteiger partial charge on any atom is -0.349 e. The zero-order chi connectivity index (χ0) is 20.8. The van der Waals surface area contributed by atoms with Crippen LogP contribution in [0.3, 0.4) is 0 Å². The topological polar surface area (TPSA) is 75.6 Å². The summed E-state index contributed by atoms with van der Waals surface area (Å²) in [5, 5.41) is 16.5. The van der Waals surface area contributed by atoms with Gasteiger partial charge in [-0.25, -0.2) is 0 Å². The maximum Gasteiger partial charge on any atom is 0.266 e. The number of nitrogens with one attached hydrogen (secondary N) is 1. The molecule has 0 radical (unpaired) electrons. The fourth-order valence-electron chi connectivity index (χ4n) is 3.33. The Morgan fingerprint density at radius 2 is 2.03 bits per heavy atom. The number of benzene rings is 1. The number of carbonyl (C=O) groups excluding carboxylic acids is 1. The van der Waals surface area contributed by atoms with E-state index in [1.807, 2.05) is 56.3 Å². The van der Waals surface area contributed by atoms with Gasteiger partial charge in [0.05, 0.1) is 18.4 Å². The minimum atomic E-state index is -0.438. The molecule has 0 fully saturated rings. The fraction of sp³-hybridized carbons (Fsp3) is 0.261. The molecule has 2 heterocycles. The van der Waals surface area contributed by atoms with E-state index in [2.05, 4.69) is 21.9 Å². The smallest absolute Gasteiger partial charge is 0.266 e. The van der Waals surface area contributed by atoms with Crippen LogP contribution < -0.4 is 5.32 Å². The average molecular weight is 387 g/mol. The van der Waals surface area contributed by atoms with Crippen LogP contribution in [0.4, 0.5) is 5.69 Å². The molecular weight excluding hydrogens is 362 g/mol. The third-order valence-corrected chi connectivity index (χ3v) is 4.80. The molecular formula is C23H25N5O. The third kappa shape index (κ3) is 4.82. The first kappa shape index (κ1) is 20.2. The summed E-state index contributed by atoms with van der Waals surface area (Å²) in [6, 6.07) is 14.0. The first-order chi connectivity index (χ1) is 14.0. The Kier molecular flexibility index (Phi) is 6.30. The van der Waals surface area contributed by atoms with E-state index in [1.54, 1.807) is 23.2 Å². The van der Waals surface area contributed by atoms with E-state index in [-0.39, 0.29) is 5.57 Å². The number of aryl methyl sites for hydroxylation is 1. The van der Waals surface area contributed by atoms with Crippen molar-refractivity contribution in [3.63, 3.8) is 0 Å². The van der Waals surface area contributed by atoms with Crippen molar-refractivity contribution in [2.75, 3.05) is 5.32 Å². The van der Waals surface area contributed by atoms with Crippen molar-refractivity contribution >= 4 is 17.7 Å². The normalized spacial score (nSPS) is 11.3. The zero-order valence-electron chi connectivity index (χ0n) is 17.0. The van der Waals surface area contributed by atoms with Crippen molar-refractivity contribution in [1.82, 2.24) is 14.3 Å². The van der Waals surface area contributed by atoms with Gasteiger partial charge in [-0.3, -0.25) is 9.48 Å². The maximum atomic E-state index is 12.6. The van der Waals surface area contributed by atoms with E-state index < -0.39 is 5.91 Å². The van der Waals surface area contributed by atoms with Gasteiger partial charge in [-0.1, -0.05) is 37.3 Å². The summed E-state index contributed by atoms with van der Waals surface area (Å²) in [7, 11) is 0. The summed E-state index contributed by atoms with van der Waals surface area (Å²) in [4.78, 5) is 12.6. The lowest BCUT2D eigenvalue weighted by Gasteiger charge is -2.07. The van der Waals surface area contributed by atoms with Crippen LogP contribution in [-0.4, -0.2) is 20.3 Å². The Morgan fingerprint density at radius 1 is 1.28 bits per heavy atom. The second kappa shape index (κ2) is 9.07. The Balaban J connectivity index is 1.73. The van der Waals surface area contributed by atoms with Gasteiger partial charge in [-0.2, -0.15) is 10.4 Å². The highest BCUT2D eigenvalue weighted by atomic mass is 16.1. The van der Waals surface area contributed by atoms with E-state index in [4.69, 9.17) is 0 Å². The van der Waals surface area contributed by atoms with E-state index in [0.29, 0.717) is 12.2 Å². The summed E-state index contributed by atoms with van der Waals surface area (Å²) < 4.78 is 3.95. The summed E-state index contributed by atoms with van der Waals surface area (Å²) in [5.74, 6) is -0.438. The largest absolute Gasteiger partial charge is 0.349 e. The van der Waals surface area contributed by atoms with Gasteiger partial charge in [0.2, 0.25) is 0 Å². The highest BCUT2D eigenvalue weighted by molar-refractivity contribution is 6.09. The van der Waals surface area contributed by atoms with Crippen LogP contribution in [0.1, 0.15) is 35.9 Å². The molecule has 1 amide bonds. The van der Waals surface area contributed by atoms with Gasteiger partial charge in [0.15, 0.2) is 0 Å². The van der Waals surface area contributed by atoms with Crippen molar-refractivity contribution in [3.8, 4) is 6.07 Å². The van der Waals surface area contributed by atoms with Crippen molar-refractivity contribution in [3.05, 3.63) is 76.9 Å². The second-order valence-corrected chi connectivity index (χ2v) is 7.01. The molecule has 0 aliphatic carbocycles. The predicted molar refractivity (Wildman–Crippen MR) is 114 cm³/mol. The summed E-state index contributed by atoms with van der Waals surface area (Å²) in [5.41, 5.74) is 4.81. The molecule has 0 aliphatic rings. The summed E-state index contributed by atoms with van der Waals surface area (Å²) >= 11 is 0. The molecule has 1 aromatic carbocycles. The zero-order valence-corrected chi connectivity index (χ0v) is 17.0. The SMILES string of the molecule is CCCn1c(C)cc(/C=C(\C#N)C(=O)Nc2cnn(Cc3ccccc3)c2)c1C. The molecule has 29 heavy (non-hydrogen) atoms. The number of hydrogen-bond acceptors (Lipinski definition) is 3. The molecule has 0 aliphatic heterocycles. The van der Waals surface area contributed by atoms with Crippen molar-refractivity contribution < 1.29 is 4.79 Å². The molecule has 148 valence electrons. The molecule has 0 saturated carbocycles. The molecule has 1 N–H and O–H groups in total. The number of nitriles is 1. The van der Waals surface area contributed by atoms with Gasteiger partial charge >= 0.3 is 0 Å². The van der Waals surface area contributed by atoms with Crippen LogP contribution in [0.25, 0.3) is 6.08 Å².